The molecule has 0 bridgehead atoms. The molecule has 5 aromatic rings. The van der Waals surface area contributed by atoms with E-state index in [2.05, 4.69) is 27.1 Å². The molecule has 3 aromatic carbocycles. The van der Waals surface area contributed by atoms with Crippen LogP contribution < -0.4 is 20.7 Å². The van der Waals surface area contributed by atoms with Crippen molar-refractivity contribution in [1.29, 1.82) is 0 Å². The number of methoxy groups -OCH3 is 1. The number of nitrogens with zero attached hydrogens (tertiary/aromatic N) is 6. The summed E-state index contributed by atoms with van der Waals surface area (Å²) in [6, 6.07) is 17.9. The van der Waals surface area contributed by atoms with Gasteiger partial charge in [0.15, 0.2) is 0 Å². The minimum absolute atomic E-state index is 0.257. The van der Waals surface area contributed by atoms with Gasteiger partial charge in [-0.15, -0.1) is 0 Å². The fraction of sp³-hybridized carbons (Fsp3) is 0.265. The van der Waals surface area contributed by atoms with Crippen molar-refractivity contribution < 1.29 is 13.9 Å². The standard InChI is InChI=1S/C34H37FN8O2/c1-40-13-15-43(16-14-40)30-18-31(45-4)28(17-27(30)36)38-34-37-19-25(33(44)42(3)20-22-9-11-23(35)12-10-22)32(39-34)26-21-41(2)29-8-6-5-7-24(26)29/h5-12,17-19,21H,13-16,20,36H2,1-4H3,(H,37,38,39). The normalized spacial score (nSPS) is 13.7. The lowest BCUT2D eigenvalue weighted by atomic mass is 10.0. The van der Waals surface area contributed by atoms with Crippen LogP contribution in [0.15, 0.2) is 73.1 Å². The molecule has 1 aliphatic heterocycles. The first kappa shape index (κ1) is 29.9. The SMILES string of the molecule is COc1cc(N2CCN(C)CC2)c(N)cc1Nc1ncc(C(=O)N(C)Cc2ccc(F)cc2)c(-c2cn(C)c3ccccc23)n1. The van der Waals surface area contributed by atoms with Crippen LogP contribution in [0.5, 0.6) is 5.75 Å². The lowest BCUT2D eigenvalue weighted by Crippen LogP contribution is -2.44. The number of carbonyl (C=O) groups excluding carboxylic acids is 1. The van der Waals surface area contributed by atoms with Crippen LogP contribution in [0.25, 0.3) is 22.2 Å². The first-order chi connectivity index (χ1) is 21.7. The molecule has 1 aliphatic rings. The quantitative estimate of drug-likeness (QED) is 0.234. The summed E-state index contributed by atoms with van der Waals surface area (Å²) in [6.45, 7) is 3.95. The van der Waals surface area contributed by atoms with Gasteiger partial charge in [0, 0.05) is 81.7 Å². The van der Waals surface area contributed by atoms with Gasteiger partial charge in [0.05, 0.1) is 35.4 Å². The number of para-hydroxylation sites is 1. The Bertz CT molecular complexity index is 1850. The minimum Gasteiger partial charge on any atom is -0.494 e. The number of likely N-dealkylation sites (N-methyl/N-ethyl adjacent to an activating group) is 1. The largest absolute Gasteiger partial charge is 0.494 e. The van der Waals surface area contributed by atoms with E-state index in [4.69, 9.17) is 15.5 Å². The fourth-order valence-corrected chi connectivity index (χ4v) is 5.77. The number of nitrogen functional groups attached to an aromatic ring is 1. The molecule has 11 heteroatoms. The molecule has 1 fully saturated rings. The molecule has 0 saturated carbocycles. The van der Waals surface area contributed by atoms with E-state index in [-0.39, 0.29) is 11.7 Å². The third-order valence-corrected chi connectivity index (χ3v) is 8.29. The maximum Gasteiger partial charge on any atom is 0.257 e. The van der Waals surface area contributed by atoms with Crippen LogP contribution in [-0.2, 0) is 13.6 Å². The Morgan fingerprint density at radius 2 is 1.80 bits per heavy atom. The lowest BCUT2D eigenvalue weighted by Gasteiger charge is -2.35. The molecule has 3 N–H and O–H groups in total. The predicted molar refractivity (Wildman–Crippen MR) is 177 cm³/mol. The summed E-state index contributed by atoms with van der Waals surface area (Å²) in [5.74, 6) is 0.315. The average molecular weight is 609 g/mol. The van der Waals surface area contributed by atoms with Crippen molar-refractivity contribution in [3.63, 3.8) is 0 Å². The van der Waals surface area contributed by atoms with E-state index in [1.807, 2.05) is 54.2 Å². The van der Waals surface area contributed by atoms with E-state index < -0.39 is 0 Å². The predicted octanol–water partition coefficient (Wildman–Crippen LogP) is 5.13. The van der Waals surface area contributed by atoms with E-state index in [0.29, 0.717) is 40.9 Å². The van der Waals surface area contributed by atoms with Gasteiger partial charge in [-0.05, 0) is 36.9 Å². The summed E-state index contributed by atoms with van der Waals surface area (Å²) < 4.78 is 21.2. The van der Waals surface area contributed by atoms with Crippen LogP contribution in [0.2, 0.25) is 0 Å². The second-order valence-corrected chi connectivity index (χ2v) is 11.4. The highest BCUT2D eigenvalue weighted by Gasteiger charge is 2.24. The zero-order valence-electron chi connectivity index (χ0n) is 25.9. The summed E-state index contributed by atoms with van der Waals surface area (Å²) >= 11 is 0. The van der Waals surface area contributed by atoms with E-state index in [9.17, 15) is 9.18 Å². The number of hydrogen-bond donors (Lipinski definition) is 2. The number of benzene rings is 3. The molecular formula is C34H37FN8O2. The zero-order chi connectivity index (χ0) is 31.7. The Kier molecular flexibility index (Phi) is 8.27. The topological polar surface area (TPSA) is 105 Å². The smallest absolute Gasteiger partial charge is 0.257 e. The average Bonchev–Trinajstić information content (AvgIpc) is 3.38. The van der Waals surface area contributed by atoms with Crippen LogP contribution in [0.3, 0.4) is 0 Å². The maximum absolute atomic E-state index is 13.9. The molecular weight excluding hydrogens is 571 g/mol. The number of piperazine rings is 1. The molecule has 0 unspecified atom stereocenters. The molecule has 1 saturated heterocycles. The number of amides is 1. The Morgan fingerprint density at radius 1 is 1.07 bits per heavy atom. The van der Waals surface area contributed by atoms with E-state index >= 15 is 0 Å². The maximum atomic E-state index is 13.9. The second-order valence-electron chi connectivity index (χ2n) is 11.4. The number of halogens is 1. The van der Waals surface area contributed by atoms with Gasteiger partial charge < -0.3 is 35.1 Å². The summed E-state index contributed by atoms with van der Waals surface area (Å²) in [5.41, 5.74) is 12.2. The number of nitrogens with one attached hydrogen (secondary N) is 1. The first-order valence-electron chi connectivity index (χ1n) is 14.8. The summed E-state index contributed by atoms with van der Waals surface area (Å²) in [5, 5.41) is 4.24. The molecule has 6 rings (SSSR count). The van der Waals surface area contributed by atoms with Crippen molar-refractivity contribution in [3.8, 4) is 17.0 Å². The van der Waals surface area contributed by atoms with Gasteiger partial charge in [-0.25, -0.2) is 14.4 Å². The van der Waals surface area contributed by atoms with Crippen molar-refractivity contribution in [3.05, 3.63) is 90.0 Å². The van der Waals surface area contributed by atoms with Crippen molar-refractivity contribution in [1.82, 2.24) is 24.3 Å². The number of fused-ring (bicyclic) bond motifs is 1. The number of rotatable bonds is 8. The van der Waals surface area contributed by atoms with E-state index in [0.717, 1.165) is 53.9 Å². The second kappa shape index (κ2) is 12.4. The summed E-state index contributed by atoms with van der Waals surface area (Å²) in [7, 11) is 7.40. The number of aryl methyl sites for hydroxylation is 1. The molecule has 3 heterocycles. The molecule has 10 nitrogen and oxygen atoms in total. The molecule has 0 aliphatic carbocycles. The molecule has 232 valence electrons. The van der Waals surface area contributed by atoms with Crippen LogP contribution >= 0.6 is 0 Å². The van der Waals surface area contributed by atoms with Crippen molar-refractivity contribution in [2.45, 2.75) is 6.54 Å². The highest BCUT2D eigenvalue weighted by atomic mass is 19.1. The molecule has 2 aromatic heterocycles. The molecule has 45 heavy (non-hydrogen) atoms. The molecule has 0 atom stereocenters. The Morgan fingerprint density at radius 3 is 2.53 bits per heavy atom. The minimum atomic E-state index is -0.324. The van der Waals surface area contributed by atoms with Gasteiger partial charge in [0.2, 0.25) is 5.95 Å². The van der Waals surface area contributed by atoms with Gasteiger partial charge in [0.25, 0.3) is 5.91 Å². The Labute approximate surface area is 261 Å². The number of carbonyl (C=O) groups is 1. The van der Waals surface area contributed by atoms with Crippen LogP contribution in [0, 0.1) is 5.82 Å². The number of ether oxygens (including phenoxy) is 1. The summed E-state index contributed by atoms with van der Waals surface area (Å²) in [6.07, 6.45) is 3.52. The van der Waals surface area contributed by atoms with Crippen molar-refractivity contribution in [2.24, 2.45) is 7.05 Å². The highest BCUT2D eigenvalue weighted by Crippen LogP contribution is 2.38. The monoisotopic (exact) mass is 608 g/mol. The third-order valence-electron chi connectivity index (χ3n) is 8.29. The molecule has 0 radical (unpaired) electrons. The number of hydrogen-bond acceptors (Lipinski definition) is 8. The van der Waals surface area contributed by atoms with E-state index in [1.54, 1.807) is 37.4 Å². The van der Waals surface area contributed by atoms with Crippen molar-refractivity contribution in [2.75, 3.05) is 63.3 Å². The van der Waals surface area contributed by atoms with Crippen LogP contribution in [-0.4, -0.2) is 77.6 Å². The van der Waals surface area contributed by atoms with Crippen LogP contribution in [0.1, 0.15) is 15.9 Å². The highest BCUT2D eigenvalue weighted by molar-refractivity contribution is 6.04. The van der Waals surface area contributed by atoms with Crippen molar-refractivity contribution >= 4 is 39.8 Å². The molecule has 1 amide bonds. The van der Waals surface area contributed by atoms with E-state index in [1.165, 1.54) is 12.1 Å². The van der Waals surface area contributed by atoms with Gasteiger partial charge in [-0.2, -0.15) is 0 Å². The van der Waals surface area contributed by atoms with Gasteiger partial charge in [-0.1, -0.05) is 30.3 Å². The first-order valence-corrected chi connectivity index (χ1v) is 14.8. The summed E-state index contributed by atoms with van der Waals surface area (Å²) in [4.78, 5) is 29.5. The van der Waals surface area contributed by atoms with Crippen LogP contribution in [0.4, 0.5) is 27.4 Å². The Hall–Kier alpha value is -5.16. The van der Waals surface area contributed by atoms with Gasteiger partial charge >= 0.3 is 0 Å². The molecule has 0 spiro atoms. The fourth-order valence-electron chi connectivity index (χ4n) is 5.77. The number of aromatic nitrogens is 3. The van der Waals surface area contributed by atoms with Gasteiger partial charge in [0.1, 0.15) is 11.6 Å². The van der Waals surface area contributed by atoms with Gasteiger partial charge in [-0.3, -0.25) is 4.79 Å². The third kappa shape index (κ3) is 6.12. The lowest BCUT2D eigenvalue weighted by molar-refractivity contribution is 0.0785. The number of anilines is 4. The Balaban J connectivity index is 1.37. The number of nitrogens with two attached hydrogens (primary N) is 1. The zero-order valence-corrected chi connectivity index (χ0v) is 25.9.